The van der Waals surface area contributed by atoms with E-state index in [4.69, 9.17) is 14.2 Å². The normalized spacial score (nSPS) is 29.0. The highest BCUT2D eigenvalue weighted by atomic mass is 19.4. The molecule has 1 aromatic carbocycles. The average molecular weight is 439 g/mol. The van der Waals surface area contributed by atoms with E-state index in [0.29, 0.717) is 11.0 Å². The molecule has 0 aromatic heterocycles. The van der Waals surface area contributed by atoms with Crippen molar-refractivity contribution in [3.05, 3.63) is 42.0 Å². The highest BCUT2D eigenvalue weighted by Crippen LogP contribution is 2.54. The van der Waals surface area contributed by atoms with E-state index in [0.717, 1.165) is 26.0 Å². The molecule has 2 fully saturated rings. The zero-order valence-corrected chi connectivity index (χ0v) is 16.2. The van der Waals surface area contributed by atoms with Crippen molar-refractivity contribution < 1.29 is 46.6 Å². The molecule has 1 aromatic rings. The average Bonchev–Trinajstić information content (AvgIpc) is 3.31. The molecular formula is C20H16F3NO7. The monoisotopic (exact) mass is 439 g/mol. The number of alkyl halides is 3. The molecule has 3 heterocycles. The van der Waals surface area contributed by atoms with E-state index in [1.165, 1.54) is 18.2 Å². The van der Waals surface area contributed by atoms with Gasteiger partial charge in [0.05, 0.1) is 29.2 Å². The summed E-state index contributed by atoms with van der Waals surface area (Å²) in [5, 5.41) is 0. The van der Waals surface area contributed by atoms with Gasteiger partial charge in [0.1, 0.15) is 0 Å². The molecule has 3 aliphatic rings. The molecule has 2 saturated heterocycles. The van der Waals surface area contributed by atoms with Gasteiger partial charge in [-0.05, 0) is 24.3 Å². The molecule has 4 atom stereocenters. The number of carbonyl (C=O) groups is 4. The van der Waals surface area contributed by atoms with Gasteiger partial charge in [-0.2, -0.15) is 13.2 Å². The lowest BCUT2D eigenvalue weighted by atomic mass is 9.76. The molecule has 0 saturated carbocycles. The number of benzene rings is 1. The van der Waals surface area contributed by atoms with Gasteiger partial charge in [-0.15, -0.1) is 0 Å². The Balaban J connectivity index is 1.74. The summed E-state index contributed by atoms with van der Waals surface area (Å²) in [5.74, 6) is -5.57. The quantitative estimate of drug-likeness (QED) is 0.306. The lowest BCUT2D eigenvalue weighted by molar-refractivity contribution is -0.226. The summed E-state index contributed by atoms with van der Waals surface area (Å²) in [6.07, 6.45) is -4.36. The van der Waals surface area contributed by atoms with Crippen molar-refractivity contribution in [1.29, 1.82) is 0 Å². The molecule has 11 heteroatoms. The van der Waals surface area contributed by atoms with Gasteiger partial charge in [0.25, 0.3) is 6.29 Å². The molecule has 2 amide bonds. The first-order valence-corrected chi connectivity index (χ1v) is 9.22. The van der Waals surface area contributed by atoms with Crippen molar-refractivity contribution in [1.82, 2.24) is 0 Å². The van der Waals surface area contributed by atoms with Crippen molar-refractivity contribution in [2.45, 2.75) is 38.0 Å². The fraction of sp³-hybridized carbons (Fsp3) is 0.400. The second kappa shape index (κ2) is 6.91. The van der Waals surface area contributed by atoms with Crippen molar-refractivity contribution >= 4 is 29.4 Å². The van der Waals surface area contributed by atoms with Crippen LogP contribution in [0.25, 0.3) is 0 Å². The third-order valence-corrected chi connectivity index (χ3v) is 5.42. The Kier molecular flexibility index (Phi) is 4.69. The molecular weight excluding hydrogens is 423 g/mol. The van der Waals surface area contributed by atoms with Crippen LogP contribution in [0.1, 0.15) is 19.4 Å². The van der Waals surface area contributed by atoms with E-state index in [1.54, 1.807) is 0 Å². The number of carbonyl (C=O) groups excluding carboxylic acids is 4. The van der Waals surface area contributed by atoms with E-state index in [9.17, 15) is 32.3 Å². The molecule has 0 aliphatic carbocycles. The molecule has 0 unspecified atom stereocenters. The Labute approximate surface area is 173 Å². The number of imide groups is 1. The largest absolute Gasteiger partial charge is 0.422 e. The van der Waals surface area contributed by atoms with Gasteiger partial charge in [0.2, 0.25) is 11.8 Å². The predicted octanol–water partition coefficient (Wildman–Crippen LogP) is 1.97. The Morgan fingerprint density at radius 3 is 2.35 bits per heavy atom. The van der Waals surface area contributed by atoms with Gasteiger partial charge in [-0.3, -0.25) is 19.2 Å². The maximum absolute atomic E-state index is 13.3. The van der Waals surface area contributed by atoms with Gasteiger partial charge in [-0.1, -0.05) is 12.1 Å². The molecule has 4 rings (SSSR count). The molecule has 0 N–H and O–H groups in total. The lowest BCUT2D eigenvalue weighted by Crippen LogP contribution is -2.52. The third-order valence-electron chi connectivity index (χ3n) is 5.42. The number of esters is 2. The number of fused-ring (bicyclic) bond motifs is 5. The number of nitrogens with zero attached hydrogens (tertiary/aromatic N) is 1. The molecule has 8 nitrogen and oxygen atoms in total. The van der Waals surface area contributed by atoms with Crippen molar-refractivity contribution in [3.63, 3.8) is 0 Å². The van der Waals surface area contributed by atoms with Gasteiger partial charge < -0.3 is 14.2 Å². The summed E-state index contributed by atoms with van der Waals surface area (Å²) in [6.45, 7) is 2.12. The van der Waals surface area contributed by atoms with E-state index in [1.807, 2.05) is 0 Å². The molecule has 2 bridgehead atoms. The first-order valence-electron chi connectivity index (χ1n) is 9.22. The maximum Gasteiger partial charge on any atom is 0.416 e. The van der Waals surface area contributed by atoms with Crippen LogP contribution in [0, 0.1) is 11.8 Å². The third kappa shape index (κ3) is 3.19. The molecule has 0 spiro atoms. The minimum Gasteiger partial charge on any atom is -0.422 e. The topological polar surface area (TPSA) is 99.2 Å². The predicted molar refractivity (Wildman–Crippen MR) is 95.0 cm³/mol. The lowest BCUT2D eigenvalue weighted by Gasteiger charge is -2.34. The number of amides is 2. The van der Waals surface area contributed by atoms with Gasteiger partial charge >= 0.3 is 18.1 Å². The SMILES string of the molecule is CC(=O)OC(OC(C)=O)[C@@]12C=C[C@@H](O1)[C@H]1C(=O)N(c3cccc(C(F)(F)F)c3)C(=O)[C@@H]12. The Hall–Kier alpha value is -3.21. The van der Waals surface area contributed by atoms with E-state index < -0.39 is 65.3 Å². The molecule has 3 aliphatic heterocycles. The Morgan fingerprint density at radius 1 is 1.13 bits per heavy atom. The highest BCUT2D eigenvalue weighted by Gasteiger charge is 2.72. The number of ether oxygens (including phenoxy) is 3. The van der Waals surface area contributed by atoms with Crippen LogP contribution in [0.2, 0.25) is 0 Å². The van der Waals surface area contributed by atoms with Crippen LogP contribution >= 0.6 is 0 Å². The first kappa shape index (κ1) is 21.0. The number of hydrogen-bond donors (Lipinski definition) is 0. The van der Waals surface area contributed by atoms with Crippen LogP contribution in [0.5, 0.6) is 0 Å². The zero-order valence-electron chi connectivity index (χ0n) is 16.2. The van der Waals surface area contributed by atoms with Crippen LogP contribution in [-0.4, -0.2) is 41.7 Å². The highest BCUT2D eigenvalue weighted by molar-refractivity contribution is 6.23. The van der Waals surface area contributed by atoms with E-state index >= 15 is 0 Å². The molecule has 31 heavy (non-hydrogen) atoms. The second-order valence-electron chi connectivity index (χ2n) is 7.41. The van der Waals surface area contributed by atoms with Gasteiger partial charge in [0, 0.05) is 13.8 Å². The smallest absolute Gasteiger partial charge is 0.416 e. The minimum absolute atomic E-state index is 0.245. The summed E-state index contributed by atoms with van der Waals surface area (Å²) >= 11 is 0. The van der Waals surface area contributed by atoms with Crippen LogP contribution in [0.4, 0.5) is 18.9 Å². The zero-order chi connectivity index (χ0) is 22.7. The number of anilines is 1. The summed E-state index contributed by atoms with van der Waals surface area (Å²) in [4.78, 5) is 50.1. The molecule has 164 valence electrons. The fourth-order valence-electron chi connectivity index (χ4n) is 4.29. The van der Waals surface area contributed by atoms with Crippen LogP contribution < -0.4 is 4.90 Å². The van der Waals surface area contributed by atoms with Crippen molar-refractivity contribution in [3.8, 4) is 0 Å². The maximum atomic E-state index is 13.3. The van der Waals surface area contributed by atoms with Gasteiger partial charge in [-0.25, -0.2) is 4.90 Å². The summed E-state index contributed by atoms with van der Waals surface area (Å²) in [6, 6.07) is 3.83. The van der Waals surface area contributed by atoms with E-state index in [2.05, 4.69) is 0 Å². The standard InChI is InChI=1S/C20H16F3NO7/c1-9(25)29-18(30-10(2)26)19-7-6-13(31-19)14-15(19)17(28)24(16(14)27)12-5-3-4-11(8-12)20(21,22)23/h3-8,13-15,18H,1-2H3/t13-,14-,15-,19+/m1/s1. The summed E-state index contributed by atoms with van der Waals surface area (Å²) in [5.41, 5.74) is -3.03. The van der Waals surface area contributed by atoms with Gasteiger partial charge in [0.15, 0.2) is 5.60 Å². The van der Waals surface area contributed by atoms with Crippen molar-refractivity contribution in [2.75, 3.05) is 4.90 Å². The summed E-state index contributed by atoms with van der Waals surface area (Å²) < 4.78 is 55.3. The minimum atomic E-state index is -4.67. The number of rotatable bonds is 4. The van der Waals surface area contributed by atoms with Crippen LogP contribution in [0.15, 0.2) is 36.4 Å². The fourth-order valence-corrected chi connectivity index (χ4v) is 4.29. The number of halogens is 3. The van der Waals surface area contributed by atoms with Crippen LogP contribution in [0.3, 0.4) is 0 Å². The summed E-state index contributed by atoms with van der Waals surface area (Å²) in [7, 11) is 0. The molecule has 0 radical (unpaired) electrons. The Bertz CT molecular complexity index is 1000. The van der Waals surface area contributed by atoms with Crippen LogP contribution in [-0.2, 0) is 39.6 Å². The van der Waals surface area contributed by atoms with E-state index in [-0.39, 0.29) is 5.69 Å². The van der Waals surface area contributed by atoms with Crippen molar-refractivity contribution in [2.24, 2.45) is 11.8 Å². The Morgan fingerprint density at radius 2 is 1.77 bits per heavy atom. The second-order valence-corrected chi connectivity index (χ2v) is 7.41. The number of hydrogen-bond acceptors (Lipinski definition) is 7. The first-order chi connectivity index (χ1) is 14.5.